The topological polar surface area (TPSA) is 76.0 Å². The van der Waals surface area contributed by atoms with E-state index < -0.39 is 5.97 Å². The van der Waals surface area contributed by atoms with Gasteiger partial charge in [0.15, 0.2) is 9.50 Å². The SMILES string of the molecule is Cc1nc(Sc2nccs2)ncc1C(=O)O. The van der Waals surface area contributed by atoms with E-state index in [0.717, 1.165) is 4.34 Å². The Bertz CT molecular complexity index is 513. The molecule has 0 aliphatic heterocycles. The van der Waals surface area contributed by atoms with Crippen LogP contribution in [0.1, 0.15) is 16.1 Å². The van der Waals surface area contributed by atoms with Gasteiger partial charge in [0.1, 0.15) is 0 Å². The van der Waals surface area contributed by atoms with Crippen LogP contribution in [-0.4, -0.2) is 26.0 Å². The highest BCUT2D eigenvalue weighted by Crippen LogP contribution is 2.26. The summed E-state index contributed by atoms with van der Waals surface area (Å²) < 4.78 is 0.836. The zero-order chi connectivity index (χ0) is 11.5. The number of carbonyl (C=O) groups is 1. The van der Waals surface area contributed by atoms with E-state index in [9.17, 15) is 4.79 Å². The molecule has 2 aromatic heterocycles. The summed E-state index contributed by atoms with van der Waals surface area (Å²) in [6.07, 6.45) is 3.02. The number of thiazole rings is 1. The highest BCUT2D eigenvalue weighted by Gasteiger charge is 2.11. The van der Waals surface area contributed by atoms with Crippen molar-refractivity contribution in [2.75, 3.05) is 0 Å². The molecule has 82 valence electrons. The van der Waals surface area contributed by atoms with Crippen LogP contribution in [0.3, 0.4) is 0 Å². The van der Waals surface area contributed by atoms with Gasteiger partial charge in [0.25, 0.3) is 0 Å². The maximum absolute atomic E-state index is 10.8. The molecule has 0 bridgehead atoms. The monoisotopic (exact) mass is 253 g/mol. The summed E-state index contributed by atoms with van der Waals surface area (Å²) in [6, 6.07) is 0. The summed E-state index contributed by atoms with van der Waals surface area (Å²) in [4.78, 5) is 22.9. The van der Waals surface area contributed by atoms with Crippen molar-refractivity contribution in [3.05, 3.63) is 29.0 Å². The number of aromatic nitrogens is 3. The number of carboxylic acids is 1. The molecule has 0 saturated carbocycles. The standard InChI is InChI=1S/C9H7N3O2S2/c1-5-6(7(13)14)4-11-8(12-5)16-9-10-2-3-15-9/h2-4H,1H3,(H,13,14). The van der Waals surface area contributed by atoms with E-state index >= 15 is 0 Å². The van der Waals surface area contributed by atoms with Crippen LogP contribution in [0, 0.1) is 6.92 Å². The Morgan fingerprint density at radius 3 is 2.88 bits per heavy atom. The molecule has 0 aliphatic carbocycles. The van der Waals surface area contributed by atoms with Crippen molar-refractivity contribution in [1.29, 1.82) is 0 Å². The van der Waals surface area contributed by atoms with Gasteiger partial charge < -0.3 is 5.11 Å². The Kier molecular flexibility index (Phi) is 3.16. The van der Waals surface area contributed by atoms with Gasteiger partial charge in [-0.25, -0.2) is 19.7 Å². The summed E-state index contributed by atoms with van der Waals surface area (Å²) in [5.41, 5.74) is 0.588. The highest BCUT2D eigenvalue weighted by atomic mass is 32.2. The predicted octanol–water partition coefficient (Wildman–Crippen LogP) is 2.09. The number of aryl methyl sites for hydroxylation is 1. The van der Waals surface area contributed by atoms with Crippen LogP contribution in [-0.2, 0) is 0 Å². The first-order valence-electron chi connectivity index (χ1n) is 4.31. The molecule has 5 nitrogen and oxygen atoms in total. The molecular weight excluding hydrogens is 246 g/mol. The molecule has 0 fully saturated rings. The fourth-order valence-corrected chi connectivity index (χ4v) is 2.54. The molecule has 0 radical (unpaired) electrons. The van der Waals surface area contributed by atoms with Crippen molar-refractivity contribution in [3.8, 4) is 0 Å². The van der Waals surface area contributed by atoms with Crippen molar-refractivity contribution >= 4 is 29.1 Å². The lowest BCUT2D eigenvalue weighted by molar-refractivity contribution is 0.0695. The average Bonchev–Trinajstić information content (AvgIpc) is 2.70. The predicted molar refractivity (Wildman–Crippen MR) is 60.0 cm³/mol. The molecule has 0 amide bonds. The zero-order valence-corrected chi connectivity index (χ0v) is 9.88. The maximum atomic E-state index is 10.8. The smallest absolute Gasteiger partial charge is 0.339 e. The van der Waals surface area contributed by atoms with Crippen LogP contribution >= 0.6 is 23.1 Å². The van der Waals surface area contributed by atoms with Gasteiger partial charge in [-0.05, 0) is 18.7 Å². The van der Waals surface area contributed by atoms with Gasteiger partial charge in [-0.15, -0.1) is 11.3 Å². The molecule has 0 aliphatic rings. The van der Waals surface area contributed by atoms with E-state index in [1.54, 1.807) is 13.1 Å². The lowest BCUT2D eigenvalue weighted by Gasteiger charge is -2.01. The van der Waals surface area contributed by atoms with Crippen LogP contribution in [0.25, 0.3) is 0 Å². The largest absolute Gasteiger partial charge is 0.478 e. The van der Waals surface area contributed by atoms with Crippen LogP contribution < -0.4 is 0 Å². The fourth-order valence-electron chi connectivity index (χ4n) is 1.04. The fraction of sp³-hybridized carbons (Fsp3) is 0.111. The molecule has 0 aromatic carbocycles. The third kappa shape index (κ3) is 2.37. The third-order valence-corrected chi connectivity index (χ3v) is 3.54. The minimum absolute atomic E-state index is 0.128. The van der Waals surface area contributed by atoms with Crippen LogP contribution in [0.5, 0.6) is 0 Å². The minimum atomic E-state index is -1.01. The normalized spacial score (nSPS) is 10.3. The van der Waals surface area contributed by atoms with Crippen molar-refractivity contribution in [2.24, 2.45) is 0 Å². The number of hydrogen-bond acceptors (Lipinski definition) is 6. The number of aromatic carboxylic acids is 1. The van der Waals surface area contributed by atoms with E-state index in [0.29, 0.717) is 10.9 Å². The molecule has 2 rings (SSSR count). The van der Waals surface area contributed by atoms with Crippen molar-refractivity contribution in [3.63, 3.8) is 0 Å². The summed E-state index contributed by atoms with van der Waals surface area (Å²) >= 11 is 2.81. The number of carboxylic acid groups (broad SMARTS) is 1. The van der Waals surface area contributed by atoms with E-state index in [2.05, 4.69) is 15.0 Å². The molecule has 0 atom stereocenters. The first kappa shape index (κ1) is 11.0. The highest BCUT2D eigenvalue weighted by molar-refractivity contribution is 8.00. The van der Waals surface area contributed by atoms with Crippen LogP contribution in [0.2, 0.25) is 0 Å². The van der Waals surface area contributed by atoms with Gasteiger partial charge >= 0.3 is 5.97 Å². The van der Waals surface area contributed by atoms with Gasteiger partial charge in [-0.1, -0.05) is 0 Å². The second-order valence-electron chi connectivity index (χ2n) is 2.86. The van der Waals surface area contributed by atoms with Crippen LogP contribution in [0.4, 0.5) is 0 Å². The Morgan fingerprint density at radius 1 is 1.50 bits per heavy atom. The molecule has 2 heterocycles. The van der Waals surface area contributed by atoms with Gasteiger partial charge in [0.2, 0.25) is 0 Å². The molecule has 16 heavy (non-hydrogen) atoms. The summed E-state index contributed by atoms with van der Waals surface area (Å²) in [5, 5.41) is 11.2. The summed E-state index contributed by atoms with van der Waals surface area (Å²) in [7, 11) is 0. The van der Waals surface area contributed by atoms with Gasteiger partial charge in [-0.2, -0.15) is 0 Å². The number of nitrogens with zero attached hydrogens (tertiary/aromatic N) is 3. The first-order valence-corrected chi connectivity index (χ1v) is 6.00. The van der Waals surface area contributed by atoms with E-state index in [1.165, 1.54) is 29.3 Å². The second kappa shape index (κ2) is 4.58. The molecule has 2 aromatic rings. The zero-order valence-electron chi connectivity index (χ0n) is 8.25. The quantitative estimate of drug-likeness (QED) is 0.844. The van der Waals surface area contributed by atoms with Gasteiger partial charge in [0, 0.05) is 17.8 Å². The van der Waals surface area contributed by atoms with Gasteiger partial charge in [-0.3, -0.25) is 0 Å². The Labute approximate surface area is 99.6 Å². The Morgan fingerprint density at radius 2 is 2.31 bits per heavy atom. The van der Waals surface area contributed by atoms with E-state index in [1.807, 2.05) is 5.38 Å². The lowest BCUT2D eigenvalue weighted by Crippen LogP contribution is -2.03. The first-order chi connectivity index (χ1) is 7.66. The number of hydrogen-bond donors (Lipinski definition) is 1. The minimum Gasteiger partial charge on any atom is -0.478 e. The van der Waals surface area contributed by atoms with E-state index in [-0.39, 0.29) is 5.56 Å². The molecule has 1 N–H and O–H groups in total. The maximum Gasteiger partial charge on any atom is 0.339 e. The summed E-state index contributed by atoms with van der Waals surface area (Å²) in [6.45, 7) is 1.65. The molecular formula is C9H7N3O2S2. The summed E-state index contributed by atoms with van der Waals surface area (Å²) in [5.74, 6) is -1.01. The van der Waals surface area contributed by atoms with Gasteiger partial charge in [0.05, 0.1) is 11.3 Å². The lowest BCUT2D eigenvalue weighted by atomic mass is 10.2. The van der Waals surface area contributed by atoms with Crippen molar-refractivity contribution in [2.45, 2.75) is 16.4 Å². The molecule has 0 saturated heterocycles. The third-order valence-electron chi connectivity index (χ3n) is 1.78. The number of rotatable bonds is 3. The molecule has 0 unspecified atom stereocenters. The van der Waals surface area contributed by atoms with Crippen molar-refractivity contribution < 1.29 is 9.90 Å². The van der Waals surface area contributed by atoms with Crippen LogP contribution in [0.15, 0.2) is 27.3 Å². The average molecular weight is 253 g/mol. The molecule has 0 spiro atoms. The molecule has 7 heteroatoms. The van der Waals surface area contributed by atoms with Crippen molar-refractivity contribution in [1.82, 2.24) is 15.0 Å². The second-order valence-corrected chi connectivity index (χ2v) is 4.97. The van der Waals surface area contributed by atoms with E-state index in [4.69, 9.17) is 5.11 Å². The Balaban J connectivity index is 2.24. The Hall–Kier alpha value is -1.47.